The van der Waals surface area contributed by atoms with Gasteiger partial charge in [-0.1, -0.05) is 37.3 Å². The summed E-state index contributed by atoms with van der Waals surface area (Å²) in [7, 11) is 1.66. The van der Waals surface area contributed by atoms with Gasteiger partial charge in [0.15, 0.2) is 0 Å². The van der Waals surface area contributed by atoms with Crippen LogP contribution in [0.4, 0.5) is 0 Å². The normalized spacial score (nSPS) is 33.9. The van der Waals surface area contributed by atoms with Gasteiger partial charge in [0, 0.05) is 13.0 Å². The van der Waals surface area contributed by atoms with Gasteiger partial charge in [-0.15, -0.1) is 0 Å². The molecule has 3 nitrogen and oxygen atoms in total. The number of ether oxygens (including phenoxy) is 2. The Labute approximate surface area is 95.4 Å². The van der Waals surface area contributed by atoms with Crippen LogP contribution < -0.4 is 0 Å². The summed E-state index contributed by atoms with van der Waals surface area (Å²) in [5, 5.41) is 0. The molecule has 0 N–H and O–H groups in total. The summed E-state index contributed by atoms with van der Waals surface area (Å²) in [6.45, 7) is 1.98. The molecule has 1 aliphatic heterocycles. The van der Waals surface area contributed by atoms with Crippen molar-refractivity contribution in [1.29, 1.82) is 0 Å². The Bertz CT molecular complexity index is 349. The molecule has 1 fully saturated rings. The van der Waals surface area contributed by atoms with Gasteiger partial charge in [-0.2, -0.15) is 0 Å². The zero-order valence-corrected chi connectivity index (χ0v) is 9.50. The van der Waals surface area contributed by atoms with Gasteiger partial charge < -0.3 is 14.3 Å². The predicted octanol–water partition coefficient (Wildman–Crippen LogP) is 1.98. The number of carbonyl (C=O) groups excluding carboxylic acids is 1. The van der Waals surface area contributed by atoms with Gasteiger partial charge in [0.2, 0.25) is 0 Å². The fourth-order valence-corrected chi connectivity index (χ4v) is 2.24. The van der Waals surface area contributed by atoms with Gasteiger partial charge in [-0.05, 0) is 5.56 Å². The highest BCUT2D eigenvalue weighted by Crippen LogP contribution is 2.37. The maximum absolute atomic E-state index is 10.9. The number of hydrogen-bond acceptors (Lipinski definition) is 3. The third-order valence-corrected chi connectivity index (χ3v) is 3.17. The lowest BCUT2D eigenvalue weighted by atomic mass is 9.95. The quantitative estimate of drug-likeness (QED) is 0.731. The van der Waals surface area contributed by atoms with Crippen molar-refractivity contribution in [1.82, 2.24) is 0 Å². The topological polar surface area (TPSA) is 35.5 Å². The van der Waals surface area contributed by atoms with Gasteiger partial charge in [0.25, 0.3) is 0 Å². The van der Waals surface area contributed by atoms with Gasteiger partial charge in [-0.25, -0.2) is 0 Å². The van der Waals surface area contributed by atoms with Crippen molar-refractivity contribution >= 4 is 6.29 Å². The Morgan fingerprint density at radius 2 is 2.00 bits per heavy atom. The molecule has 0 bridgehead atoms. The van der Waals surface area contributed by atoms with E-state index in [1.165, 1.54) is 0 Å². The van der Waals surface area contributed by atoms with Crippen molar-refractivity contribution in [2.45, 2.75) is 25.2 Å². The maximum Gasteiger partial charge on any atom is 0.149 e. The van der Waals surface area contributed by atoms with Crippen LogP contribution in [0.5, 0.6) is 0 Å². The lowest BCUT2D eigenvalue weighted by Crippen LogP contribution is -2.24. The highest BCUT2D eigenvalue weighted by atomic mass is 16.6. The molecule has 0 amide bonds. The summed E-state index contributed by atoms with van der Waals surface area (Å²) in [6.07, 6.45) is 0.295. The molecule has 1 heterocycles. The van der Waals surface area contributed by atoms with E-state index in [0.717, 1.165) is 11.8 Å². The van der Waals surface area contributed by atoms with Crippen molar-refractivity contribution in [3.05, 3.63) is 35.9 Å². The summed E-state index contributed by atoms with van der Waals surface area (Å²) < 4.78 is 11.2. The van der Waals surface area contributed by atoms with E-state index in [0.29, 0.717) is 0 Å². The molecule has 4 atom stereocenters. The van der Waals surface area contributed by atoms with Crippen LogP contribution >= 0.6 is 0 Å². The highest BCUT2D eigenvalue weighted by Gasteiger charge is 2.42. The van der Waals surface area contributed by atoms with E-state index < -0.39 is 0 Å². The Hall–Kier alpha value is -1.19. The third-order valence-electron chi connectivity index (χ3n) is 3.17. The zero-order valence-electron chi connectivity index (χ0n) is 9.50. The summed E-state index contributed by atoms with van der Waals surface area (Å²) in [5.41, 5.74) is 1.06. The van der Waals surface area contributed by atoms with Crippen LogP contribution in [0.2, 0.25) is 0 Å². The molecule has 0 unspecified atom stereocenters. The Morgan fingerprint density at radius 1 is 1.31 bits per heavy atom. The van der Waals surface area contributed by atoms with Crippen molar-refractivity contribution in [2.75, 3.05) is 7.11 Å². The molecule has 0 aromatic heterocycles. The van der Waals surface area contributed by atoms with Gasteiger partial charge >= 0.3 is 0 Å². The molecule has 0 spiro atoms. The predicted molar refractivity (Wildman–Crippen MR) is 60.1 cm³/mol. The standard InChI is InChI=1S/C13H16O3/c1-9-11(8-14)16-13(12(9)15-2)10-6-4-3-5-7-10/h3-9,11-13H,1-2H3/t9-,11-,12-,13+/m1/s1. The molecule has 0 aliphatic carbocycles. The van der Waals surface area contributed by atoms with Crippen molar-refractivity contribution in [3.8, 4) is 0 Å². The van der Waals surface area contributed by atoms with E-state index in [2.05, 4.69) is 0 Å². The van der Waals surface area contributed by atoms with E-state index in [9.17, 15) is 4.79 Å². The molecular weight excluding hydrogens is 204 g/mol. The second-order valence-corrected chi connectivity index (χ2v) is 4.13. The summed E-state index contributed by atoms with van der Waals surface area (Å²) in [4.78, 5) is 10.9. The lowest BCUT2D eigenvalue weighted by Gasteiger charge is -2.19. The summed E-state index contributed by atoms with van der Waals surface area (Å²) in [6, 6.07) is 9.88. The zero-order chi connectivity index (χ0) is 11.5. The van der Waals surface area contributed by atoms with Crippen LogP contribution in [0.15, 0.2) is 30.3 Å². The highest BCUT2D eigenvalue weighted by molar-refractivity contribution is 5.57. The molecule has 1 aliphatic rings. The van der Waals surface area contributed by atoms with Crippen molar-refractivity contribution in [3.63, 3.8) is 0 Å². The van der Waals surface area contributed by atoms with E-state index in [-0.39, 0.29) is 24.2 Å². The minimum Gasteiger partial charge on any atom is -0.378 e. The molecule has 2 rings (SSSR count). The van der Waals surface area contributed by atoms with Crippen LogP contribution in [0, 0.1) is 5.92 Å². The molecule has 1 aromatic carbocycles. The van der Waals surface area contributed by atoms with Crippen LogP contribution in [0.25, 0.3) is 0 Å². The molecule has 3 heteroatoms. The second kappa shape index (κ2) is 4.76. The number of rotatable bonds is 3. The van der Waals surface area contributed by atoms with Gasteiger partial charge in [-0.3, -0.25) is 0 Å². The SMILES string of the molecule is CO[C@@H]1[C@H](C)[C@@H](C=O)O[C@H]1c1ccccc1. The number of methoxy groups -OCH3 is 1. The minimum absolute atomic E-state index is 0.0578. The van der Waals surface area contributed by atoms with Crippen LogP contribution in [0.1, 0.15) is 18.6 Å². The number of hydrogen-bond donors (Lipinski definition) is 0. The van der Waals surface area contributed by atoms with Crippen molar-refractivity contribution in [2.24, 2.45) is 5.92 Å². The van der Waals surface area contributed by atoms with E-state index in [4.69, 9.17) is 9.47 Å². The first kappa shape index (κ1) is 11.3. The molecule has 0 saturated carbocycles. The average molecular weight is 220 g/mol. The third kappa shape index (κ3) is 1.88. The smallest absolute Gasteiger partial charge is 0.149 e. The second-order valence-electron chi connectivity index (χ2n) is 4.13. The Morgan fingerprint density at radius 3 is 2.56 bits per heavy atom. The van der Waals surface area contributed by atoms with Crippen LogP contribution in [0.3, 0.4) is 0 Å². The minimum atomic E-state index is -0.366. The fourth-order valence-electron chi connectivity index (χ4n) is 2.24. The van der Waals surface area contributed by atoms with Crippen LogP contribution in [-0.4, -0.2) is 25.6 Å². The molecular formula is C13H16O3. The summed E-state index contributed by atoms with van der Waals surface area (Å²) in [5.74, 6) is 0.0905. The largest absolute Gasteiger partial charge is 0.378 e. The molecule has 0 radical (unpaired) electrons. The molecule has 86 valence electrons. The first-order valence-corrected chi connectivity index (χ1v) is 5.46. The lowest BCUT2D eigenvalue weighted by molar-refractivity contribution is -0.118. The van der Waals surface area contributed by atoms with Gasteiger partial charge in [0.05, 0.1) is 6.10 Å². The monoisotopic (exact) mass is 220 g/mol. The van der Waals surface area contributed by atoms with Gasteiger partial charge in [0.1, 0.15) is 18.5 Å². The van der Waals surface area contributed by atoms with E-state index in [1.807, 2.05) is 37.3 Å². The molecule has 1 aromatic rings. The maximum atomic E-state index is 10.9. The number of carbonyl (C=O) groups is 1. The first-order valence-electron chi connectivity index (χ1n) is 5.46. The number of benzene rings is 1. The van der Waals surface area contributed by atoms with Crippen molar-refractivity contribution < 1.29 is 14.3 Å². The van der Waals surface area contributed by atoms with E-state index in [1.54, 1.807) is 7.11 Å². The fraction of sp³-hybridized carbons (Fsp3) is 0.462. The average Bonchev–Trinajstić information content (AvgIpc) is 2.66. The van der Waals surface area contributed by atoms with Crippen LogP contribution in [-0.2, 0) is 14.3 Å². The first-order chi connectivity index (χ1) is 7.77. The molecule has 16 heavy (non-hydrogen) atoms. The molecule has 1 saturated heterocycles. The Kier molecular flexibility index (Phi) is 3.36. The summed E-state index contributed by atoms with van der Waals surface area (Å²) >= 11 is 0. The Balaban J connectivity index is 2.25. The van der Waals surface area contributed by atoms with E-state index >= 15 is 0 Å². The number of aldehydes is 1.